The lowest BCUT2D eigenvalue weighted by atomic mass is 10.2. The van der Waals surface area contributed by atoms with Crippen LogP contribution in [0.2, 0.25) is 0 Å². The summed E-state index contributed by atoms with van der Waals surface area (Å²) in [5.74, 6) is 0. The molecule has 0 amide bonds. The molecule has 16 heavy (non-hydrogen) atoms. The molecule has 0 saturated carbocycles. The number of non-ortho nitro benzene ring substituents is 1. The van der Waals surface area contributed by atoms with Crippen LogP contribution in [-0.2, 0) is 0 Å². The SMILES string of the molecule is CCC(O)CNc1cc(C)cc([N+](=O)[O-])c1. The molecule has 0 aliphatic rings. The summed E-state index contributed by atoms with van der Waals surface area (Å²) in [5, 5.41) is 23.0. The molecule has 0 saturated heterocycles. The van der Waals surface area contributed by atoms with Gasteiger partial charge in [0.05, 0.1) is 11.0 Å². The Kier molecular flexibility index (Phi) is 4.25. The number of rotatable bonds is 5. The maximum atomic E-state index is 10.6. The number of nitrogens with one attached hydrogen (secondary N) is 1. The van der Waals surface area contributed by atoms with Crippen molar-refractivity contribution in [1.29, 1.82) is 0 Å². The zero-order chi connectivity index (χ0) is 12.1. The fourth-order valence-electron chi connectivity index (χ4n) is 1.35. The van der Waals surface area contributed by atoms with E-state index in [9.17, 15) is 15.2 Å². The second kappa shape index (κ2) is 5.46. The Hall–Kier alpha value is -1.62. The van der Waals surface area contributed by atoms with E-state index in [2.05, 4.69) is 5.32 Å². The van der Waals surface area contributed by atoms with Gasteiger partial charge >= 0.3 is 0 Å². The molecule has 0 bridgehead atoms. The lowest BCUT2D eigenvalue weighted by Gasteiger charge is -2.11. The van der Waals surface area contributed by atoms with E-state index in [4.69, 9.17) is 0 Å². The third-order valence-electron chi connectivity index (χ3n) is 2.29. The van der Waals surface area contributed by atoms with E-state index in [1.807, 2.05) is 13.0 Å². The Morgan fingerprint density at radius 1 is 1.50 bits per heavy atom. The highest BCUT2D eigenvalue weighted by Gasteiger charge is 2.08. The van der Waals surface area contributed by atoms with Crippen LogP contribution >= 0.6 is 0 Å². The third kappa shape index (κ3) is 3.51. The summed E-state index contributed by atoms with van der Waals surface area (Å²) in [6.07, 6.45) is 0.223. The van der Waals surface area contributed by atoms with Gasteiger partial charge < -0.3 is 10.4 Å². The van der Waals surface area contributed by atoms with Gasteiger partial charge in [-0.1, -0.05) is 6.92 Å². The quantitative estimate of drug-likeness (QED) is 0.593. The number of benzene rings is 1. The molecule has 1 atom stereocenters. The van der Waals surface area contributed by atoms with Crippen molar-refractivity contribution in [1.82, 2.24) is 0 Å². The Balaban J connectivity index is 2.76. The number of nitrogens with zero attached hydrogens (tertiary/aromatic N) is 1. The molecule has 1 rings (SSSR count). The Morgan fingerprint density at radius 3 is 2.75 bits per heavy atom. The molecule has 0 aliphatic heterocycles. The molecular weight excluding hydrogens is 208 g/mol. The van der Waals surface area contributed by atoms with Crippen LogP contribution in [-0.4, -0.2) is 22.7 Å². The average Bonchev–Trinajstić information content (AvgIpc) is 2.25. The van der Waals surface area contributed by atoms with Crippen LogP contribution < -0.4 is 5.32 Å². The molecule has 0 radical (unpaired) electrons. The first-order valence-corrected chi connectivity index (χ1v) is 5.21. The summed E-state index contributed by atoms with van der Waals surface area (Å²) in [5.41, 5.74) is 1.55. The van der Waals surface area contributed by atoms with Crippen LogP contribution in [0, 0.1) is 17.0 Å². The summed E-state index contributed by atoms with van der Waals surface area (Å²) in [7, 11) is 0. The largest absolute Gasteiger partial charge is 0.391 e. The number of aryl methyl sites for hydroxylation is 1. The molecule has 1 aromatic rings. The monoisotopic (exact) mass is 224 g/mol. The summed E-state index contributed by atoms with van der Waals surface area (Å²) in [6.45, 7) is 4.08. The Bertz CT molecular complexity index is 379. The van der Waals surface area contributed by atoms with Crippen LogP contribution in [0.15, 0.2) is 18.2 Å². The average molecular weight is 224 g/mol. The molecule has 1 unspecified atom stereocenters. The topological polar surface area (TPSA) is 75.4 Å². The molecule has 0 fully saturated rings. The smallest absolute Gasteiger partial charge is 0.271 e. The number of aliphatic hydroxyl groups is 1. The zero-order valence-corrected chi connectivity index (χ0v) is 9.43. The second-order valence-corrected chi connectivity index (χ2v) is 3.76. The summed E-state index contributed by atoms with van der Waals surface area (Å²) >= 11 is 0. The highest BCUT2D eigenvalue weighted by molar-refractivity contribution is 5.53. The molecular formula is C11H16N2O3. The zero-order valence-electron chi connectivity index (χ0n) is 9.43. The van der Waals surface area contributed by atoms with Gasteiger partial charge in [0.1, 0.15) is 0 Å². The number of nitro benzene ring substituents is 1. The summed E-state index contributed by atoms with van der Waals surface area (Å²) in [6, 6.07) is 4.80. The molecule has 5 nitrogen and oxygen atoms in total. The van der Waals surface area contributed by atoms with Gasteiger partial charge in [0, 0.05) is 24.4 Å². The van der Waals surface area contributed by atoms with E-state index >= 15 is 0 Å². The van der Waals surface area contributed by atoms with Crippen molar-refractivity contribution in [3.8, 4) is 0 Å². The number of hydrogen-bond donors (Lipinski definition) is 2. The van der Waals surface area contributed by atoms with Gasteiger partial charge in [-0.15, -0.1) is 0 Å². The van der Waals surface area contributed by atoms with Crippen molar-refractivity contribution in [2.24, 2.45) is 0 Å². The van der Waals surface area contributed by atoms with Crippen molar-refractivity contribution in [2.75, 3.05) is 11.9 Å². The lowest BCUT2D eigenvalue weighted by Crippen LogP contribution is -2.18. The van der Waals surface area contributed by atoms with Gasteiger partial charge in [0.2, 0.25) is 0 Å². The van der Waals surface area contributed by atoms with Crippen LogP contribution in [0.5, 0.6) is 0 Å². The van der Waals surface area contributed by atoms with Crippen molar-refractivity contribution >= 4 is 11.4 Å². The van der Waals surface area contributed by atoms with Crippen molar-refractivity contribution in [2.45, 2.75) is 26.4 Å². The van der Waals surface area contributed by atoms with E-state index in [1.54, 1.807) is 6.92 Å². The molecule has 0 heterocycles. The minimum atomic E-state index is -0.431. The molecule has 0 spiro atoms. The van der Waals surface area contributed by atoms with Crippen molar-refractivity contribution in [3.63, 3.8) is 0 Å². The molecule has 88 valence electrons. The van der Waals surface area contributed by atoms with Crippen molar-refractivity contribution in [3.05, 3.63) is 33.9 Å². The third-order valence-corrected chi connectivity index (χ3v) is 2.29. The van der Waals surface area contributed by atoms with Crippen molar-refractivity contribution < 1.29 is 10.0 Å². The predicted octanol–water partition coefficient (Wildman–Crippen LogP) is 2.09. The van der Waals surface area contributed by atoms with Crippen LogP contribution in [0.3, 0.4) is 0 Å². The number of hydrogen-bond acceptors (Lipinski definition) is 4. The van der Waals surface area contributed by atoms with Gasteiger partial charge in [-0.2, -0.15) is 0 Å². The molecule has 0 aliphatic carbocycles. The maximum Gasteiger partial charge on any atom is 0.271 e. The van der Waals surface area contributed by atoms with Gasteiger partial charge in [0.15, 0.2) is 0 Å². The van der Waals surface area contributed by atoms with Gasteiger partial charge in [0.25, 0.3) is 5.69 Å². The van der Waals surface area contributed by atoms with Gasteiger partial charge in [-0.05, 0) is 25.0 Å². The second-order valence-electron chi connectivity index (χ2n) is 3.76. The maximum absolute atomic E-state index is 10.6. The van der Waals surface area contributed by atoms with Crippen LogP contribution in [0.25, 0.3) is 0 Å². The van der Waals surface area contributed by atoms with Gasteiger partial charge in [-0.25, -0.2) is 0 Å². The van der Waals surface area contributed by atoms with E-state index in [0.717, 1.165) is 5.56 Å². The molecule has 2 N–H and O–H groups in total. The van der Waals surface area contributed by atoms with E-state index in [0.29, 0.717) is 18.7 Å². The fraction of sp³-hybridized carbons (Fsp3) is 0.455. The number of aliphatic hydroxyl groups excluding tert-OH is 1. The molecule has 0 aromatic heterocycles. The highest BCUT2D eigenvalue weighted by Crippen LogP contribution is 2.20. The Morgan fingerprint density at radius 2 is 2.19 bits per heavy atom. The standard InChI is InChI=1S/C11H16N2O3/c1-3-11(14)7-12-9-4-8(2)5-10(6-9)13(15)16/h4-6,11-12,14H,3,7H2,1-2H3. The summed E-state index contributed by atoms with van der Waals surface area (Å²) < 4.78 is 0. The number of anilines is 1. The molecule has 1 aromatic carbocycles. The lowest BCUT2D eigenvalue weighted by molar-refractivity contribution is -0.384. The Labute approximate surface area is 94.3 Å². The first-order valence-electron chi connectivity index (χ1n) is 5.21. The number of nitro groups is 1. The van der Waals surface area contributed by atoms with Crippen LogP contribution in [0.1, 0.15) is 18.9 Å². The van der Waals surface area contributed by atoms with E-state index in [-0.39, 0.29) is 5.69 Å². The minimum absolute atomic E-state index is 0.0634. The fourth-order valence-corrected chi connectivity index (χ4v) is 1.35. The predicted molar refractivity (Wildman–Crippen MR) is 62.6 cm³/mol. The van der Waals surface area contributed by atoms with E-state index < -0.39 is 11.0 Å². The minimum Gasteiger partial charge on any atom is -0.391 e. The van der Waals surface area contributed by atoms with E-state index in [1.165, 1.54) is 12.1 Å². The van der Waals surface area contributed by atoms with Crippen LogP contribution in [0.4, 0.5) is 11.4 Å². The summed E-state index contributed by atoms with van der Waals surface area (Å²) in [4.78, 5) is 10.2. The normalized spacial score (nSPS) is 12.2. The molecule has 5 heteroatoms. The van der Waals surface area contributed by atoms with Gasteiger partial charge in [-0.3, -0.25) is 10.1 Å². The highest BCUT2D eigenvalue weighted by atomic mass is 16.6. The first-order chi connectivity index (χ1) is 7.52. The first kappa shape index (κ1) is 12.4.